The first-order valence-electron chi connectivity index (χ1n) is 28.1. The Bertz CT molecular complexity index is 2140. The lowest BCUT2D eigenvalue weighted by atomic mass is 9.94. The molecule has 16 aliphatic heterocycles. The van der Waals surface area contributed by atoms with Crippen molar-refractivity contribution in [1.29, 1.82) is 0 Å². The van der Waals surface area contributed by atoms with E-state index in [1.807, 2.05) is 0 Å². The summed E-state index contributed by atoms with van der Waals surface area (Å²) >= 11 is 0. The molecule has 0 aromatic heterocycles. The molecule has 0 aromatic carbocycles. The van der Waals surface area contributed by atoms with Gasteiger partial charge in [0.1, 0.15) is 195 Å². The van der Waals surface area contributed by atoms with Crippen molar-refractivity contribution in [1.82, 2.24) is 0 Å². The second-order valence-electron chi connectivity index (χ2n) is 22.5. The fourth-order valence-electron chi connectivity index (χ4n) is 12.0. The Morgan fingerprint density at radius 1 is 0.182 bits per heavy atom. The van der Waals surface area contributed by atoms with Gasteiger partial charge in [-0.1, -0.05) is 0 Å². The minimum Gasteiger partial charge on any atom is -0.394 e. The second-order valence-corrected chi connectivity index (χ2v) is 22.5. The van der Waals surface area contributed by atoms with Crippen LogP contribution in [0.4, 0.5) is 0 Å². The number of ether oxygens (including phenoxy) is 16. The third kappa shape index (κ3) is 13.8. The van der Waals surface area contributed by atoms with Crippen LogP contribution in [0.2, 0.25) is 0 Å². The first-order chi connectivity index (χ1) is 41.9. The number of fused-ring (bicyclic) bond motifs is 7. The highest BCUT2D eigenvalue weighted by atomic mass is 16.8. The van der Waals surface area contributed by atoms with E-state index in [0.29, 0.717) is 0 Å². The quantitative estimate of drug-likeness (QED) is 0.0966. The Labute approximate surface area is 496 Å². The van der Waals surface area contributed by atoms with Crippen molar-refractivity contribution in [2.24, 2.45) is 0 Å². The van der Waals surface area contributed by atoms with Crippen LogP contribution in [-0.4, -0.2) is 421 Å². The number of aliphatic hydroxyl groups excluding tert-OH is 24. The maximum absolute atomic E-state index is 12.2. The molecule has 16 fully saturated rings. The summed E-state index contributed by atoms with van der Waals surface area (Å²) in [5.41, 5.74) is 0. The van der Waals surface area contributed by atoms with Gasteiger partial charge >= 0.3 is 0 Å². The van der Waals surface area contributed by atoms with Crippen molar-refractivity contribution < 1.29 is 198 Å². The van der Waals surface area contributed by atoms with Gasteiger partial charge in [-0.2, -0.15) is 0 Å². The fourth-order valence-corrected chi connectivity index (χ4v) is 12.0. The van der Waals surface area contributed by atoms with E-state index in [9.17, 15) is 123 Å². The van der Waals surface area contributed by atoms with Gasteiger partial charge in [-0.05, 0) is 0 Å². The molecule has 0 radical (unpaired) electrons. The van der Waals surface area contributed by atoms with Crippen molar-refractivity contribution >= 4 is 0 Å². The van der Waals surface area contributed by atoms with Gasteiger partial charge in [0.05, 0.1) is 52.9 Å². The minimum absolute atomic E-state index is 1.06. The van der Waals surface area contributed by atoms with Crippen molar-refractivity contribution in [3.05, 3.63) is 0 Å². The number of aliphatic hydroxyl groups is 24. The van der Waals surface area contributed by atoms with Crippen molar-refractivity contribution in [2.45, 2.75) is 246 Å². The van der Waals surface area contributed by atoms with E-state index >= 15 is 0 Å². The molecule has 0 saturated carbocycles. The minimum atomic E-state index is -2.35. The summed E-state index contributed by atoms with van der Waals surface area (Å²) in [6.07, 6.45) is -83.5. The molecule has 0 aliphatic carbocycles. The van der Waals surface area contributed by atoms with E-state index in [0.717, 1.165) is 0 Å². The molecule has 40 atom stereocenters. The molecule has 16 rings (SSSR count). The van der Waals surface area contributed by atoms with Gasteiger partial charge in [0, 0.05) is 0 Å². The summed E-state index contributed by atoms with van der Waals surface area (Å²) in [4.78, 5) is 0. The predicted octanol–water partition coefficient (Wildman–Crippen LogP) is -17.4. The Morgan fingerprint density at radius 2 is 0.386 bits per heavy atom. The van der Waals surface area contributed by atoms with Crippen molar-refractivity contribution in [3.63, 3.8) is 0 Å². The highest BCUT2D eigenvalue weighted by Gasteiger charge is 2.61. The Kier molecular flexibility index (Phi) is 24.1. The van der Waals surface area contributed by atoms with Crippen LogP contribution in [0.1, 0.15) is 0 Å². The van der Waals surface area contributed by atoms with Gasteiger partial charge in [-0.15, -0.1) is 0 Å². The smallest absolute Gasteiger partial charge is 0.187 e. The molecule has 24 N–H and O–H groups in total. The molecule has 88 heavy (non-hydrogen) atoms. The summed E-state index contributed by atoms with van der Waals surface area (Å²) in [7, 11) is 0. The highest BCUT2D eigenvalue weighted by Crippen LogP contribution is 2.40. The number of rotatable bonds is 10. The molecule has 40 nitrogen and oxygen atoms in total. The largest absolute Gasteiger partial charge is 0.394 e. The molecule has 40 heteroatoms. The predicted molar refractivity (Wildman–Crippen MR) is 261 cm³/mol. The molecule has 14 bridgehead atoms. The zero-order valence-electron chi connectivity index (χ0n) is 46.0. The van der Waals surface area contributed by atoms with E-state index in [1.165, 1.54) is 0 Å². The summed E-state index contributed by atoms with van der Waals surface area (Å²) in [6, 6.07) is 0. The molecule has 512 valence electrons. The molecule has 16 heterocycles. The molecule has 0 aromatic rings. The van der Waals surface area contributed by atoms with Gasteiger partial charge in [0.25, 0.3) is 0 Å². The van der Waals surface area contributed by atoms with Crippen molar-refractivity contribution in [2.75, 3.05) is 52.9 Å². The topological polar surface area (TPSA) is 633 Å². The van der Waals surface area contributed by atoms with Crippen LogP contribution in [0.3, 0.4) is 0 Å². The first kappa shape index (κ1) is 70.7. The molecular formula is C48H80O40. The fraction of sp³-hybridized carbons (Fsp3) is 1.00. The van der Waals surface area contributed by atoms with E-state index in [2.05, 4.69) is 0 Å². The van der Waals surface area contributed by atoms with Crippen LogP contribution in [0.5, 0.6) is 0 Å². The maximum atomic E-state index is 12.2. The number of hydrogen-bond donors (Lipinski definition) is 24. The van der Waals surface area contributed by atoms with Crippen LogP contribution < -0.4 is 0 Å². The van der Waals surface area contributed by atoms with Gasteiger partial charge in [0.2, 0.25) is 0 Å². The van der Waals surface area contributed by atoms with Crippen LogP contribution >= 0.6 is 0 Å². The van der Waals surface area contributed by atoms with Crippen LogP contribution in [0.15, 0.2) is 0 Å². The lowest BCUT2D eigenvalue weighted by Crippen LogP contribution is -2.69. The lowest BCUT2D eigenvalue weighted by molar-refractivity contribution is -0.404. The standard InChI is InChI=1S/C48H80O40/c49-1-9-32(17(57)24(64)41(72)73-9)81-40-31(71)39-16(8-56)80-48(40)88-38-15(7-55)79-46(30(70)23(38)63)86-36-13(5-53)77-44(28(68)21(36)61)84-34-11(3-51)75-42(26(66)19(34)59)82-33-10(2-50)74-43(25(65)18(33)58)83-35-12(4-52)76-45(27(67)20(35)60)85-37-14(6-54)78-47(87-39)29(69)22(37)62/h9-72H,1-8H2/t9-,10-,11-,12-,13-,14-,15-,16-,17-,18-,19+,20-,21+,22-,23+,24-,25-,26+,27-,28+,29-,30+,31+,32-,33-,34-,35-,36-,37-,38-,39-,40-,41+,42-,43-,44?,45-,46-,47-,48-/m1/s1. The molecular weight excluding hydrogens is 1220 g/mol. The monoisotopic (exact) mass is 1300 g/mol. The van der Waals surface area contributed by atoms with Crippen LogP contribution in [-0.2, 0) is 75.8 Å². The normalized spacial score (nSPS) is 55.2. The Morgan fingerprint density at radius 3 is 0.614 bits per heavy atom. The third-order valence-electron chi connectivity index (χ3n) is 16.9. The molecule has 0 spiro atoms. The average Bonchev–Trinajstić information content (AvgIpc) is 1.40. The van der Waals surface area contributed by atoms with Gasteiger partial charge in [0.15, 0.2) is 50.3 Å². The third-order valence-corrected chi connectivity index (χ3v) is 16.9. The summed E-state index contributed by atoms with van der Waals surface area (Å²) in [5.74, 6) is 0. The summed E-state index contributed by atoms with van der Waals surface area (Å²) in [5, 5.41) is 266. The Balaban J connectivity index is 1.04. The highest BCUT2D eigenvalue weighted by molar-refractivity contribution is 5.03. The molecule has 16 aliphatic rings. The average molecular weight is 1300 g/mol. The van der Waals surface area contributed by atoms with Crippen LogP contribution in [0.25, 0.3) is 0 Å². The summed E-state index contributed by atoms with van der Waals surface area (Å²) in [6.45, 7) is -8.87. The summed E-state index contributed by atoms with van der Waals surface area (Å²) < 4.78 is 92.1. The molecule has 16 saturated heterocycles. The van der Waals surface area contributed by atoms with E-state index in [-0.39, 0.29) is 0 Å². The van der Waals surface area contributed by atoms with Gasteiger partial charge in [-0.25, -0.2) is 0 Å². The zero-order chi connectivity index (χ0) is 64.1. The molecule has 0 amide bonds. The van der Waals surface area contributed by atoms with E-state index in [4.69, 9.17) is 75.8 Å². The van der Waals surface area contributed by atoms with Crippen LogP contribution in [0, 0.1) is 0 Å². The zero-order valence-corrected chi connectivity index (χ0v) is 46.0. The Hall–Kier alpha value is -1.60. The number of hydrogen-bond acceptors (Lipinski definition) is 40. The SMILES string of the molecule is OC[C@H]1O[C@H](O)[C@H](O)[C@@H](O)[C@@H]1O[C@H]1[C@H]2O[C@H]3[C@@H](O)[C@H](O)[C@@H](O[C@H]4[C@@H](O)[C@H](O)C(O[C@H]5[C@@H](O)[C@H](O)[C@@H](O[C@H]6[C@H](O)[C@@H](O)[C@@H](O[C@H]7[C@H](O)[C@@H](O)[C@@H](O[C@H]8[C@H](O)[C@@H](O)[C@@H](O[C@@H]([C@@H]1O)[C@@H](CO)O2)O[C@@H]8CO)O[C@@H]7CO)O[C@@H]6CO)O[C@@H]5CO)O[C@@H]4CO)O[C@@H]3CO. The maximum Gasteiger partial charge on any atom is 0.187 e. The second kappa shape index (κ2) is 30.0. The van der Waals surface area contributed by atoms with E-state index in [1.54, 1.807) is 0 Å². The lowest BCUT2D eigenvalue weighted by Gasteiger charge is -2.51. The van der Waals surface area contributed by atoms with E-state index < -0.39 is 299 Å². The van der Waals surface area contributed by atoms with Gasteiger partial charge < -0.3 is 198 Å². The molecule has 1 unspecified atom stereocenters. The van der Waals surface area contributed by atoms with Gasteiger partial charge in [-0.3, -0.25) is 0 Å². The van der Waals surface area contributed by atoms with Crippen molar-refractivity contribution in [3.8, 4) is 0 Å². The first-order valence-corrected chi connectivity index (χ1v) is 28.1.